The first-order valence-electron chi connectivity index (χ1n) is 6.01. The smallest absolute Gasteiger partial charge is 0.124 e. The number of nitrogens with zero attached hydrogens (tertiary/aromatic N) is 1. The van der Waals surface area contributed by atoms with E-state index in [1.54, 1.807) is 11.3 Å². The molecule has 0 N–H and O–H groups in total. The van der Waals surface area contributed by atoms with Gasteiger partial charge in [-0.15, -0.1) is 11.3 Å². The van der Waals surface area contributed by atoms with E-state index in [0.717, 1.165) is 27.2 Å². The van der Waals surface area contributed by atoms with Gasteiger partial charge in [-0.05, 0) is 24.3 Å². The van der Waals surface area contributed by atoms with Gasteiger partial charge in [-0.25, -0.2) is 4.98 Å². The standard InChI is InChI=1S/C15H12BrNOS/c16-8-9-18-12-5-3-4-11(10-12)15-17-13-6-1-2-7-14(13)19-15/h1-7,10H,8-9H2. The van der Waals surface area contributed by atoms with Gasteiger partial charge in [-0.1, -0.05) is 40.2 Å². The van der Waals surface area contributed by atoms with Gasteiger partial charge < -0.3 is 4.74 Å². The van der Waals surface area contributed by atoms with E-state index in [9.17, 15) is 0 Å². The van der Waals surface area contributed by atoms with E-state index in [1.807, 2.05) is 36.4 Å². The number of halogens is 1. The third-order valence-electron chi connectivity index (χ3n) is 2.72. The normalized spacial score (nSPS) is 10.8. The van der Waals surface area contributed by atoms with E-state index in [1.165, 1.54) is 4.70 Å². The third-order valence-corrected chi connectivity index (χ3v) is 4.13. The summed E-state index contributed by atoms with van der Waals surface area (Å²) < 4.78 is 6.83. The summed E-state index contributed by atoms with van der Waals surface area (Å²) in [6, 6.07) is 16.3. The highest BCUT2D eigenvalue weighted by Gasteiger charge is 2.06. The van der Waals surface area contributed by atoms with Gasteiger partial charge in [0.15, 0.2) is 0 Å². The number of hydrogen-bond donors (Lipinski definition) is 0. The Morgan fingerprint density at radius 3 is 2.84 bits per heavy atom. The summed E-state index contributed by atoms with van der Waals surface area (Å²) in [5, 5.41) is 1.86. The van der Waals surface area contributed by atoms with Gasteiger partial charge in [0.25, 0.3) is 0 Å². The van der Waals surface area contributed by atoms with E-state index in [0.29, 0.717) is 6.61 Å². The first-order chi connectivity index (χ1) is 9.36. The third kappa shape index (κ3) is 2.80. The van der Waals surface area contributed by atoms with E-state index < -0.39 is 0 Å². The lowest BCUT2D eigenvalue weighted by molar-refractivity contribution is 0.345. The Bertz CT molecular complexity index is 662. The second-order valence-electron chi connectivity index (χ2n) is 4.05. The van der Waals surface area contributed by atoms with Crippen LogP contribution in [0.1, 0.15) is 0 Å². The number of ether oxygens (including phenoxy) is 1. The topological polar surface area (TPSA) is 22.1 Å². The molecule has 0 saturated heterocycles. The van der Waals surface area contributed by atoms with E-state index >= 15 is 0 Å². The van der Waals surface area contributed by atoms with Crippen molar-refractivity contribution in [2.75, 3.05) is 11.9 Å². The van der Waals surface area contributed by atoms with Crippen LogP contribution in [-0.4, -0.2) is 16.9 Å². The van der Waals surface area contributed by atoms with Crippen LogP contribution in [0, 0.1) is 0 Å². The summed E-state index contributed by atoms with van der Waals surface area (Å²) in [6.07, 6.45) is 0. The van der Waals surface area contributed by atoms with Crippen molar-refractivity contribution in [3.63, 3.8) is 0 Å². The number of rotatable bonds is 4. The van der Waals surface area contributed by atoms with Crippen molar-refractivity contribution in [2.24, 2.45) is 0 Å². The summed E-state index contributed by atoms with van der Waals surface area (Å²) in [5.41, 5.74) is 2.16. The van der Waals surface area contributed by atoms with Crippen molar-refractivity contribution in [3.05, 3.63) is 48.5 Å². The molecule has 0 radical (unpaired) electrons. The summed E-state index contributed by atoms with van der Waals surface area (Å²) in [7, 11) is 0. The minimum absolute atomic E-state index is 0.670. The van der Waals surface area contributed by atoms with Crippen LogP contribution in [0.25, 0.3) is 20.8 Å². The number of hydrogen-bond acceptors (Lipinski definition) is 3. The van der Waals surface area contributed by atoms with Gasteiger partial charge in [0.2, 0.25) is 0 Å². The average molecular weight is 334 g/mol. The van der Waals surface area contributed by atoms with Crippen molar-refractivity contribution in [1.29, 1.82) is 0 Å². The summed E-state index contributed by atoms with van der Waals surface area (Å²) in [5.74, 6) is 0.885. The fourth-order valence-electron chi connectivity index (χ4n) is 1.87. The van der Waals surface area contributed by atoms with Crippen LogP contribution in [0.15, 0.2) is 48.5 Å². The molecule has 1 heterocycles. The van der Waals surface area contributed by atoms with Crippen LogP contribution in [-0.2, 0) is 0 Å². The van der Waals surface area contributed by atoms with Gasteiger partial charge in [0.1, 0.15) is 10.8 Å². The Morgan fingerprint density at radius 1 is 1.11 bits per heavy atom. The Labute approximate surface area is 124 Å². The highest BCUT2D eigenvalue weighted by molar-refractivity contribution is 9.09. The molecule has 0 fully saturated rings. The summed E-state index contributed by atoms with van der Waals surface area (Å²) in [4.78, 5) is 4.66. The summed E-state index contributed by atoms with van der Waals surface area (Å²) in [6.45, 7) is 0.670. The first kappa shape index (κ1) is 12.6. The fourth-order valence-corrected chi connectivity index (χ4v) is 2.99. The predicted molar refractivity (Wildman–Crippen MR) is 84.3 cm³/mol. The van der Waals surface area contributed by atoms with Crippen LogP contribution in [0.3, 0.4) is 0 Å². The number of alkyl halides is 1. The molecule has 0 aliphatic carbocycles. The molecule has 2 aromatic carbocycles. The highest BCUT2D eigenvalue weighted by Crippen LogP contribution is 2.31. The van der Waals surface area contributed by atoms with E-state index in [2.05, 4.69) is 33.0 Å². The van der Waals surface area contributed by atoms with Gasteiger partial charge in [0, 0.05) is 10.9 Å². The zero-order valence-corrected chi connectivity index (χ0v) is 12.6. The number of fused-ring (bicyclic) bond motifs is 1. The summed E-state index contributed by atoms with van der Waals surface area (Å²) >= 11 is 5.07. The number of para-hydroxylation sites is 1. The van der Waals surface area contributed by atoms with Gasteiger partial charge in [0.05, 0.1) is 16.8 Å². The van der Waals surface area contributed by atoms with Gasteiger partial charge in [-0.2, -0.15) is 0 Å². The van der Waals surface area contributed by atoms with Crippen molar-refractivity contribution in [3.8, 4) is 16.3 Å². The molecule has 19 heavy (non-hydrogen) atoms. The Morgan fingerprint density at radius 2 is 2.00 bits per heavy atom. The van der Waals surface area contributed by atoms with Crippen LogP contribution in [0.4, 0.5) is 0 Å². The lowest BCUT2D eigenvalue weighted by Gasteiger charge is -2.04. The Hall–Kier alpha value is -1.39. The molecule has 0 unspecified atom stereocenters. The number of thiazole rings is 1. The molecule has 0 saturated carbocycles. The molecule has 3 rings (SSSR count). The molecular formula is C15H12BrNOS. The molecule has 96 valence electrons. The van der Waals surface area contributed by atoms with Crippen LogP contribution < -0.4 is 4.74 Å². The monoisotopic (exact) mass is 333 g/mol. The van der Waals surface area contributed by atoms with Crippen LogP contribution in [0.2, 0.25) is 0 Å². The molecule has 1 aromatic heterocycles. The Balaban J connectivity index is 1.96. The van der Waals surface area contributed by atoms with Crippen molar-refractivity contribution >= 4 is 37.5 Å². The maximum Gasteiger partial charge on any atom is 0.124 e. The van der Waals surface area contributed by atoms with Crippen molar-refractivity contribution in [1.82, 2.24) is 4.98 Å². The van der Waals surface area contributed by atoms with E-state index in [4.69, 9.17) is 4.74 Å². The maximum absolute atomic E-state index is 5.62. The SMILES string of the molecule is BrCCOc1cccc(-c2nc3ccccc3s2)c1. The fraction of sp³-hybridized carbons (Fsp3) is 0.133. The quantitative estimate of drug-likeness (QED) is 0.643. The predicted octanol–water partition coefficient (Wildman–Crippen LogP) is 4.74. The lowest BCUT2D eigenvalue weighted by atomic mass is 10.2. The molecule has 3 aromatic rings. The van der Waals surface area contributed by atoms with Crippen LogP contribution in [0.5, 0.6) is 5.75 Å². The lowest BCUT2D eigenvalue weighted by Crippen LogP contribution is -1.97. The molecule has 0 aliphatic heterocycles. The second kappa shape index (κ2) is 5.72. The Kier molecular flexibility index (Phi) is 3.80. The molecular weight excluding hydrogens is 322 g/mol. The van der Waals surface area contributed by atoms with Crippen LogP contribution >= 0.6 is 27.3 Å². The van der Waals surface area contributed by atoms with E-state index in [-0.39, 0.29) is 0 Å². The average Bonchev–Trinajstić information content (AvgIpc) is 2.89. The van der Waals surface area contributed by atoms with Crippen molar-refractivity contribution in [2.45, 2.75) is 0 Å². The minimum Gasteiger partial charge on any atom is -0.493 e. The molecule has 0 bridgehead atoms. The number of aromatic nitrogens is 1. The van der Waals surface area contributed by atoms with Crippen molar-refractivity contribution < 1.29 is 4.74 Å². The molecule has 0 aliphatic rings. The van der Waals surface area contributed by atoms with Gasteiger partial charge >= 0.3 is 0 Å². The maximum atomic E-state index is 5.62. The van der Waals surface area contributed by atoms with Gasteiger partial charge in [-0.3, -0.25) is 0 Å². The first-order valence-corrected chi connectivity index (χ1v) is 7.95. The largest absolute Gasteiger partial charge is 0.493 e. The molecule has 4 heteroatoms. The zero-order valence-electron chi connectivity index (χ0n) is 10.2. The second-order valence-corrected chi connectivity index (χ2v) is 5.88. The molecule has 0 amide bonds. The zero-order chi connectivity index (χ0) is 13.1. The minimum atomic E-state index is 0.670. The molecule has 0 atom stereocenters. The highest BCUT2D eigenvalue weighted by atomic mass is 79.9. The number of benzene rings is 2. The molecule has 2 nitrogen and oxygen atoms in total. The molecule has 0 spiro atoms.